The van der Waals surface area contributed by atoms with Crippen LogP contribution in [-0.2, 0) is 4.74 Å². The molecule has 0 amide bonds. The molecule has 0 aliphatic carbocycles. The number of hydrogen-bond donors (Lipinski definition) is 1. The molecule has 0 saturated carbocycles. The van der Waals surface area contributed by atoms with E-state index in [9.17, 15) is 0 Å². The summed E-state index contributed by atoms with van der Waals surface area (Å²) in [4.78, 5) is 2.68. The van der Waals surface area contributed by atoms with Gasteiger partial charge in [-0.3, -0.25) is 10.00 Å². The van der Waals surface area contributed by atoms with E-state index in [4.69, 9.17) is 4.74 Å². The van der Waals surface area contributed by atoms with Gasteiger partial charge in [-0.25, -0.2) is 0 Å². The van der Waals surface area contributed by atoms with Crippen molar-refractivity contribution >= 4 is 0 Å². The van der Waals surface area contributed by atoms with Gasteiger partial charge in [-0.1, -0.05) is 6.42 Å². The highest BCUT2D eigenvalue weighted by Crippen LogP contribution is 2.33. The van der Waals surface area contributed by atoms with E-state index >= 15 is 0 Å². The quantitative estimate of drug-likeness (QED) is 0.853. The number of H-pyrrole nitrogens is 1. The molecule has 1 unspecified atom stereocenters. The van der Waals surface area contributed by atoms with Crippen LogP contribution in [0.4, 0.5) is 0 Å². The van der Waals surface area contributed by atoms with Crippen LogP contribution in [0.2, 0.25) is 0 Å². The molecule has 2 saturated heterocycles. The van der Waals surface area contributed by atoms with Crippen LogP contribution in [0.15, 0.2) is 12.3 Å². The Kier molecular flexibility index (Phi) is 3.43. The van der Waals surface area contributed by atoms with Crippen molar-refractivity contribution in [3.63, 3.8) is 0 Å². The van der Waals surface area contributed by atoms with Crippen molar-refractivity contribution in [2.45, 2.75) is 44.2 Å². The van der Waals surface area contributed by atoms with E-state index in [1.807, 2.05) is 6.20 Å². The van der Waals surface area contributed by atoms with E-state index in [0.29, 0.717) is 12.1 Å². The van der Waals surface area contributed by atoms with Crippen LogP contribution in [0.3, 0.4) is 0 Å². The lowest BCUT2D eigenvalue weighted by molar-refractivity contribution is 0.00316. The van der Waals surface area contributed by atoms with E-state index in [1.54, 1.807) is 0 Å². The molecule has 3 rings (SSSR count). The lowest BCUT2D eigenvalue weighted by Gasteiger charge is -2.42. The molecule has 0 aromatic carbocycles. The molecule has 94 valence electrons. The predicted molar refractivity (Wildman–Crippen MR) is 65.7 cm³/mol. The van der Waals surface area contributed by atoms with Gasteiger partial charge < -0.3 is 4.74 Å². The predicted octanol–water partition coefficient (Wildman–Crippen LogP) is 2.12. The molecule has 3 heterocycles. The minimum atomic E-state index is 0.550. The van der Waals surface area contributed by atoms with Crippen molar-refractivity contribution in [1.29, 1.82) is 0 Å². The van der Waals surface area contributed by atoms with Crippen molar-refractivity contribution in [1.82, 2.24) is 15.1 Å². The van der Waals surface area contributed by atoms with Gasteiger partial charge in [0.1, 0.15) is 0 Å². The van der Waals surface area contributed by atoms with Crippen LogP contribution in [0, 0.1) is 0 Å². The molecular weight excluding hydrogens is 214 g/mol. The molecule has 0 radical (unpaired) electrons. The van der Waals surface area contributed by atoms with E-state index < -0.39 is 0 Å². The number of nitrogens with one attached hydrogen (secondary N) is 1. The standard InChI is InChI=1S/C13H21N3O/c1-2-8-16(11-5-9-17-10-6-11)13(3-1)12-4-7-14-15-12/h4,7,11,13H,1-3,5-6,8-10H2,(H,14,15). The van der Waals surface area contributed by atoms with Crippen LogP contribution in [0.25, 0.3) is 0 Å². The molecule has 1 N–H and O–H groups in total. The Hall–Kier alpha value is -0.870. The fourth-order valence-electron chi connectivity index (χ4n) is 3.19. The van der Waals surface area contributed by atoms with Crippen molar-refractivity contribution in [2.75, 3.05) is 19.8 Å². The van der Waals surface area contributed by atoms with Crippen molar-refractivity contribution in [3.05, 3.63) is 18.0 Å². The van der Waals surface area contributed by atoms with Crippen LogP contribution in [0.5, 0.6) is 0 Å². The average Bonchev–Trinajstić information content (AvgIpc) is 2.94. The number of ether oxygens (including phenoxy) is 1. The van der Waals surface area contributed by atoms with Crippen LogP contribution >= 0.6 is 0 Å². The molecule has 2 fully saturated rings. The molecule has 4 heteroatoms. The van der Waals surface area contributed by atoms with Gasteiger partial charge in [-0.05, 0) is 38.3 Å². The zero-order chi connectivity index (χ0) is 11.5. The highest BCUT2D eigenvalue weighted by atomic mass is 16.5. The normalized spacial score (nSPS) is 28.4. The van der Waals surface area contributed by atoms with Gasteiger partial charge in [-0.2, -0.15) is 5.10 Å². The highest BCUT2D eigenvalue weighted by Gasteiger charge is 2.31. The zero-order valence-electron chi connectivity index (χ0n) is 10.3. The van der Waals surface area contributed by atoms with Gasteiger partial charge in [0.2, 0.25) is 0 Å². The third kappa shape index (κ3) is 2.38. The van der Waals surface area contributed by atoms with Gasteiger partial charge in [0, 0.05) is 25.5 Å². The number of hydrogen-bond acceptors (Lipinski definition) is 3. The summed E-state index contributed by atoms with van der Waals surface area (Å²) < 4.78 is 5.47. The minimum absolute atomic E-state index is 0.550. The smallest absolute Gasteiger partial charge is 0.0523 e. The highest BCUT2D eigenvalue weighted by molar-refractivity contribution is 5.07. The van der Waals surface area contributed by atoms with Crippen molar-refractivity contribution in [2.24, 2.45) is 0 Å². The molecule has 2 aliphatic rings. The number of aromatic amines is 1. The zero-order valence-corrected chi connectivity index (χ0v) is 10.3. The second-order valence-corrected chi connectivity index (χ2v) is 5.10. The lowest BCUT2D eigenvalue weighted by Crippen LogP contribution is -2.44. The summed E-state index contributed by atoms with van der Waals surface area (Å²) in [6.45, 7) is 3.09. The number of likely N-dealkylation sites (tertiary alicyclic amines) is 1. The largest absolute Gasteiger partial charge is 0.381 e. The Morgan fingerprint density at radius 2 is 2.12 bits per heavy atom. The number of aromatic nitrogens is 2. The molecule has 2 aliphatic heterocycles. The van der Waals surface area contributed by atoms with Gasteiger partial charge in [0.05, 0.1) is 11.7 Å². The first-order chi connectivity index (χ1) is 8.45. The number of rotatable bonds is 2. The maximum Gasteiger partial charge on any atom is 0.0523 e. The van der Waals surface area contributed by atoms with Crippen molar-refractivity contribution in [3.8, 4) is 0 Å². The second kappa shape index (κ2) is 5.19. The summed E-state index contributed by atoms with van der Waals surface area (Å²) >= 11 is 0. The lowest BCUT2D eigenvalue weighted by atomic mass is 9.94. The molecule has 1 aromatic heterocycles. The maximum atomic E-state index is 5.47. The molecule has 0 spiro atoms. The van der Waals surface area contributed by atoms with Gasteiger partial charge in [-0.15, -0.1) is 0 Å². The summed E-state index contributed by atoms with van der Waals surface area (Å²) in [5.41, 5.74) is 1.29. The first kappa shape index (κ1) is 11.2. The molecule has 17 heavy (non-hydrogen) atoms. The molecule has 4 nitrogen and oxygen atoms in total. The van der Waals surface area contributed by atoms with E-state index in [0.717, 1.165) is 13.2 Å². The summed E-state index contributed by atoms with van der Waals surface area (Å²) in [5, 5.41) is 7.25. The Morgan fingerprint density at radius 3 is 2.88 bits per heavy atom. The minimum Gasteiger partial charge on any atom is -0.381 e. The van der Waals surface area contributed by atoms with Crippen LogP contribution in [0.1, 0.15) is 43.8 Å². The molecule has 1 aromatic rings. The Labute approximate surface area is 102 Å². The fraction of sp³-hybridized carbons (Fsp3) is 0.769. The van der Waals surface area contributed by atoms with Gasteiger partial charge in [0.15, 0.2) is 0 Å². The van der Waals surface area contributed by atoms with Gasteiger partial charge in [0.25, 0.3) is 0 Å². The summed E-state index contributed by atoms with van der Waals surface area (Å²) in [6.07, 6.45) is 8.17. The Balaban J connectivity index is 1.75. The maximum absolute atomic E-state index is 5.47. The number of nitrogens with zero attached hydrogens (tertiary/aromatic N) is 2. The number of piperidine rings is 1. The van der Waals surface area contributed by atoms with E-state index in [1.165, 1.54) is 44.3 Å². The summed E-state index contributed by atoms with van der Waals surface area (Å²) in [6, 6.07) is 3.38. The fourth-order valence-corrected chi connectivity index (χ4v) is 3.19. The van der Waals surface area contributed by atoms with E-state index in [2.05, 4.69) is 21.2 Å². The third-order valence-corrected chi connectivity index (χ3v) is 4.09. The first-order valence-electron chi connectivity index (χ1n) is 6.78. The summed E-state index contributed by atoms with van der Waals surface area (Å²) in [7, 11) is 0. The topological polar surface area (TPSA) is 41.1 Å². The summed E-state index contributed by atoms with van der Waals surface area (Å²) in [5.74, 6) is 0. The van der Waals surface area contributed by atoms with Gasteiger partial charge >= 0.3 is 0 Å². The molecule has 1 atom stereocenters. The van der Waals surface area contributed by atoms with Crippen LogP contribution in [-0.4, -0.2) is 40.9 Å². The van der Waals surface area contributed by atoms with E-state index in [-0.39, 0.29) is 0 Å². The SMILES string of the molecule is c1cc(C2CCCCN2C2CCOCC2)[nH]n1. The Morgan fingerprint density at radius 1 is 1.24 bits per heavy atom. The molecular formula is C13H21N3O. The third-order valence-electron chi connectivity index (χ3n) is 4.09. The Bertz CT molecular complexity index is 332. The molecule has 0 bridgehead atoms. The van der Waals surface area contributed by atoms with Crippen LogP contribution < -0.4 is 0 Å². The first-order valence-corrected chi connectivity index (χ1v) is 6.78. The second-order valence-electron chi connectivity index (χ2n) is 5.10. The van der Waals surface area contributed by atoms with Crippen molar-refractivity contribution < 1.29 is 4.74 Å². The average molecular weight is 235 g/mol. The monoisotopic (exact) mass is 235 g/mol.